The maximum absolute atomic E-state index is 13.0. The summed E-state index contributed by atoms with van der Waals surface area (Å²) in [6, 6.07) is 4.01. The molecule has 21 heavy (non-hydrogen) atoms. The van der Waals surface area contributed by atoms with E-state index in [9.17, 15) is 23.1 Å². The van der Waals surface area contributed by atoms with Crippen LogP contribution in [0.15, 0.2) is 18.2 Å². The molecule has 1 aromatic rings. The van der Waals surface area contributed by atoms with Gasteiger partial charge in [-0.1, -0.05) is 0 Å². The number of hydrogen-bond acceptors (Lipinski definition) is 3. The highest BCUT2D eigenvalue weighted by atomic mass is 19.4. The maximum Gasteiger partial charge on any atom is 0.417 e. The number of nitrogens with zero attached hydrogens (tertiary/aromatic N) is 2. The van der Waals surface area contributed by atoms with Gasteiger partial charge < -0.3 is 10.0 Å². The van der Waals surface area contributed by atoms with E-state index in [1.165, 1.54) is 17.0 Å². The molecule has 7 heteroatoms. The molecule has 0 amide bonds. The third kappa shape index (κ3) is 3.10. The van der Waals surface area contributed by atoms with Crippen LogP contribution in [0, 0.1) is 11.3 Å². The van der Waals surface area contributed by atoms with Gasteiger partial charge in [0.15, 0.2) is 0 Å². The van der Waals surface area contributed by atoms with E-state index < -0.39 is 29.3 Å². The average molecular weight is 298 g/mol. The molecule has 1 saturated heterocycles. The molecule has 1 aromatic carbocycles. The average Bonchev–Trinajstić information content (AvgIpc) is 2.45. The van der Waals surface area contributed by atoms with Gasteiger partial charge in [-0.05, 0) is 37.5 Å². The zero-order chi connectivity index (χ0) is 15.6. The van der Waals surface area contributed by atoms with E-state index in [4.69, 9.17) is 5.26 Å². The second-order valence-electron chi connectivity index (χ2n) is 4.88. The minimum absolute atomic E-state index is 0.188. The molecule has 0 saturated carbocycles. The van der Waals surface area contributed by atoms with Crippen molar-refractivity contribution in [1.29, 1.82) is 5.26 Å². The number of piperidine rings is 1. The van der Waals surface area contributed by atoms with Gasteiger partial charge in [-0.2, -0.15) is 18.4 Å². The Labute approximate surface area is 119 Å². The van der Waals surface area contributed by atoms with E-state index in [0.717, 1.165) is 25.0 Å². The molecule has 0 bridgehead atoms. The Morgan fingerprint density at radius 1 is 1.38 bits per heavy atom. The van der Waals surface area contributed by atoms with Crippen molar-refractivity contribution in [2.75, 3.05) is 11.4 Å². The molecule has 0 radical (unpaired) electrons. The summed E-state index contributed by atoms with van der Waals surface area (Å²) in [7, 11) is 0. The van der Waals surface area contributed by atoms with Crippen molar-refractivity contribution >= 4 is 11.7 Å². The Hall–Kier alpha value is -2.23. The summed E-state index contributed by atoms with van der Waals surface area (Å²) in [5.41, 5.74) is -1.30. The van der Waals surface area contributed by atoms with E-state index >= 15 is 0 Å². The lowest BCUT2D eigenvalue weighted by molar-refractivity contribution is -0.139. The van der Waals surface area contributed by atoms with Gasteiger partial charge in [-0.25, -0.2) is 4.79 Å². The van der Waals surface area contributed by atoms with Crippen LogP contribution in [0.25, 0.3) is 0 Å². The lowest BCUT2D eigenvalue weighted by atomic mass is 9.99. The third-order valence-electron chi connectivity index (χ3n) is 3.55. The number of carboxylic acids is 1. The number of benzene rings is 1. The first kappa shape index (κ1) is 15.2. The lowest BCUT2D eigenvalue weighted by Crippen LogP contribution is -2.44. The van der Waals surface area contributed by atoms with E-state index in [1.54, 1.807) is 0 Å². The van der Waals surface area contributed by atoms with Crippen molar-refractivity contribution in [1.82, 2.24) is 0 Å². The Balaban J connectivity index is 2.44. The molecule has 1 aliphatic rings. The first-order valence-corrected chi connectivity index (χ1v) is 6.45. The summed E-state index contributed by atoms with van der Waals surface area (Å²) in [6.07, 6.45) is -2.78. The number of rotatable bonds is 2. The molecule has 0 aromatic heterocycles. The lowest BCUT2D eigenvalue weighted by Gasteiger charge is -2.35. The topological polar surface area (TPSA) is 64.3 Å². The Kier molecular flexibility index (Phi) is 4.07. The number of nitriles is 1. The second-order valence-corrected chi connectivity index (χ2v) is 4.88. The third-order valence-corrected chi connectivity index (χ3v) is 3.55. The highest BCUT2D eigenvalue weighted by molar-refractivity contribution is 5.78. The molecular weight excluding hydrogens is 285 g/mol. The van der Waals surface area contributed by atoms with Crippen molar-refractivity contribution in [3.8, 4) is 6.07 Å². The van der Waals surface area contributed by atoms with Crippen LogP contribution in [0.2, 0.25) is 0 Å². The molecular formula is C14H13F3N2O2. The van der Waals surface area contributed by atoms with Crippen LogP contribution in [0.3, 0.4) is 0 Å². The number of carboxylic acid groups (broad SMARTS) is 1. The van der Waals surface area contributed by atoms with Crippen LogP contribution in [0.4, 0.5) is 18.9 Å². The summed E-state index contributed by atoms with van der Waals surface area (Å²) in [5, 5.41) is 17.9. The predicted octanol–water partition coefficient (Wildman–Crippen LogP) is 3.02. The first-order valence-electron chi connectivity index (χ1n) is 6.45. The SMILES string of the molecule is N#Cc1ccc(N2CCCCC2C(=O)O)cc1C(F)(F)F. The molecule has 4 nitrogen and oxygen atoms in total. The van der Waals surface area contributed by atoms with Crippen LogP contribution >= 0.6 is 0 Å². The highest BCUT2D eigenvalue weighted by Crippen LogP contribution is 2.35. The molecule has 2 rings (SSSR count). The number of carbonyl (C=O) groups is 1. The summed E-state index contributed by atoms with van der Waals surface area (Å²) >= 11 is 0. The summed E-state index contributed by atoms with van der Waals surface area (Å²) in [4.78, 5) is 12.7. The summed E-state index contributed by atoms with van der Waals surface area (Å²) in [5.74, 6) is -1.05. The summed E-state index contributed by atoms with van der Waals surface area (Å²) in [6.45, 7) is 0.389. The summed E-state index contributed by atoms with van der Waals surface area (Å²) < 4.78 is 38.9. The monoisotopic (exact) mass is 298 g/mol. The number of alkyl halides is 3. The Morgan fingerprint density at radius 3 is 2.67 bits per heavy atom. The van der Waals surface area contributed by atoms with Gasteiger partial charge in [0.05, 0.1) is 17.2 Å². The predicted molar refractivity (Wildman–Crippen MR) is 68.8 cm³/mol. The number of anilines is 1. The quantitative estimate of drug-likeness (QED) is 0.911. The van der Waals surface area contributed by atoms with Crippen molar-refractivity contribution < 1.29 is 23.1 Å². The molecule has 0 spiro atoms. The van der Waals surface area contributed by atoms with Crippen molar-refractivity contribution in [2.45, 2.75) is 31.5 Å². The molecule has 1 unspecified atom stereocenters. The molecule has 1 N–H and O–H groups in total. The van der Waals surface area contributed by atoms with Gasteiger partial charge in [0.1, 0.15) is 6.04 Å². The van der Waals surface area contributed by atoms with Gasteiger partial charge in [-0.15, -0.1) is 0 Å². The molecule has 1 aliphatic heterocycles. The van der Waals surface area contributed by atoms with E-state index in [1.807, 2.05) is 0 Å². The van der Waals surface area contributed by atoms with Gasteiger partial charge in [0.25, 0.3) is 0 Å². The van der Waals surface area contributed by atoms with Gasteiger partial charge in [-0.3, -0.25) is 0 Å². The minimum Gasteiger partial charge on any atom is -0.480 e. The van der Waals surface area contributed by atoms with E-state index in [0.29, 0.717) is 13.0 Å². The van der Waals surface area contributed by atoms with Crippen LogP contribution in [0.5, 0.6) is 0 Å². The Bertz CT molecular complexity index is 593. The van der Waals surface area contributed by atoms with Crippen LogP contribution in [0.1, 0.15) is 30.4 Å². The fourth-order valence-corrected chi connectivity index (χ4v) is 2.54. The molecule has 112 valence electrons. The first-order chi connectivity index (χ1) is 9.84. The van der Waals surface area contributed by atoms with Crippen LogP contribution < -0.4 is 4.90 Å². The second kappa shape index (κ2) is 5.64. The number of hydrogen-bond donors (Lipinski definition) is 1. The maximum atomic E-state index is 13.0. The normalized spacial score (nSPS) is 19.1. The Morgan fingerprint density at radius 2 is 2.10 bits per heavy atom. The van der Waals surface area contributed by atoms with Gasteiger partial charge in [0, 0.05) is 12.2 Å². The largest absolute Gasteiger partial charge is 0.480 e. The fraction of sp³-hybridized carbons (Fsp3) is 0.429. The highest BCUT2D eigenvalue weighted by Gasteiger charge is 2.35. The zero-order valence-corrected chi connectivity index (χ0v) is 11.0. The van der Waals surface area contributed by atoms with E-state index in [-0.39, 0.29) is 5.69 Å². The van der Waals surface area contributed by atoms with Crippen molar-refractivity contribution in [3.05, 3.63) is 29.3 Å². The zero-order valence-electron chi connectivity index (χ0n) is 11.0. The number of halogens is 3. The van der Waals surface area contributed by atoms with E-state index in [2.05, 4.69) is 0 Å². The van der Waals surface area contributed by atoms with Crippen LogP contribution in [-0.2, 0) is 11.0 Å². The minimum atomic E-state index is -4.64. The fourth-order valence-electron chi connectivity index (χ4n) is 2.54. The molecule has 1 fully saturated rings. The molecule has 1 atom stereocenters. The molecule has 0 aliphatic carbocycles. The van der Waals surface area contributed by atoms with Crippen LogP contribution in [-0.4, -0.2) is 23.7 Å². The smallest absolute Gasteiger partial charge is 0.417 e. The van der Waals surface area contributed by atoms with Gasteiger partial charge >= 0.3 is 12.1 Å². The molecule has 1 heterocycles. The standard InChI is InChI=1S/C14H13F3N2O2/c15-14(16,17)11-7-10(5-4-9(11)8-18)19-6-2-1-3-12(19)13(20)21/h4-5,7,12H,1-3,6H2,(H,20,21). The van der Waals surface area contributed by atoms with Crippen molar-refractivity contribution in [3.63, 3.8) is 0 Å². The van der Waals surface area contributed by atoms with Gasteiger partial charge in [0.2, 0.25) is 0 Å². The van der Waals surface area contributed by atoms with Crippen molar-refractivity contribution in [2.24, 2.45) is 0 Å². The number of aliphatic carboxylic acids is 1.